The van der Waals surface area contributed by atoms with E-state index < -0.39 is 0 Å². The van der Waals surface area contributed by atoms with Crippen molar-refractivity contribution in [3.8, 4) is 0 Å². The van der Waals surface area contributed by atoms with Gasteiger partial charge in [-0.1, -0.05) is 44.4 Å². The van der Waals surface area contributed by atoms with Crippen LogP contribution in [0.25, 0.3) is 0 Å². The van der Waals surface area contributed by atoms with Crippen molar-refractivity contribution in [1.82, 2.24) is 5.32 Å². The summed E-state index contributed by atoms with van der Waals surface area (Å²) in [6.45, 7) is 5.68. The second-order valence-corrected chi connectivity index (χ2v) is 4.92. The average molecular weight is 248 g/mol. The van der Waals surface area contributed by atoms with Gasteiger partial charge in [-0.25, -0.2) is 0 Å². The van der Waals surface area contributed by atoms with E-state index in [0.717, 1.165) is 13.1 Å². The molecule has 0 spiro atoms. The lowest BCUT2D eigenvalue weighted by Gasteiger charge is -2.19. The van der Waals surface area contributed by atoms with E-state index >= 15 is 0 Å². The fourth-order valence-electron chi connectivity index (χ4n) is 2.05. The molecule has 2 heteroatoms. The van der Waals surface area contributed by atoms with Crippen LogP contribution in [0.4, 0.5) is 5.69 Å². The first-order chi connectivity index (χ1) is 8.84. The zero-order valence-electron chi connectivity index (χ0n) is 12.0. The highest BCUT2D eigenvalue weighted by atomic mass is 15.1. The van der Waals surface area contributed by atoms with Crippen molar-refractivity contribution in [3.63, 3.8) is 0 Å². The molecule has 0 aliphatic carbocycles. The molecule has 1 aromatic carbocycles. The van der Waals surface area contributed by atoms with E-state index in [1.54, 1.807) is 0 Å². The molecule has 0 atom stereocenters. The third-order valence-electron chi connectivity index (χ3n) is 3.25. The Kier molecular flexibility index (Phi) is 8.32. The SMILES string of the molecule is CCCCCCNCCCN(C)c1ccccc1. The van der Waals surface area contributed by atoms with Gasteiger partial charge in [0, 0.05) is 19.3 Å². The Morgan fingerprint density at radius 2 is 1.67 bits per heavy atom. The highest BCUT2D eigenvalue weighted by molar-refractivity contribution is 5.44. The normalized spacial score (nSPS) is 10.6. The minimum Gasteiger partial charge on any atom is -0.375 e. The molecule has 0 heterocycles. The Hall–Kier alpha value is -1.02. The minimum absolute atomic E-state index is 1.12. The highest BCUT2D eigenvalue weighted by Crippen LogP contribution is 2.10. The molecule has 0 amide bonds. The molecular formula is C16H28N2. The van der Waals surface area contributed by atoms with Gasteiger partial charge in [0.05, 0.1) is 0 Å². The van der Waals surface area contributed by atoms with Gasteiger partial charge < -0.3 is 10.2 Å². The summed E-state index contributed by atoms with van der Waals surface area (Å²) in [6, 6.07) is 10.6. The van der Waals surface area contributed by atoms with Gasteiger partial charge in [-0.15, -0.1) is 0 Å². The van der Waals surface area contributed by atoms with E-state index in [4.69, 9.17) is 0 Å². The van der Waals surface area contributed by atoms with E-state index in [1.807, 2.05) is 0 Å². The number of para-hydroxylation sites is 1. The first-order valence-corrected chi connectivity index (χ1v) is 7.31. The van der Waals surface area contributed by atoms with Crippen LogP contribution in [-0.4, -0.2) is 26.7 Å². The molecule has 102 valence electrons. The molecule has 1 N–H and O–H groups in total. The molecule has 1 rings (SSSR count). The summed E-state index contributed by atoms with van der Waals surface area (Å²) in [4.78, 5) is 2.32. The van der Waals surface area contributed by atoms with Crippen molar-refractivity contribution in [2.75, 3.05) is 31.6 Å². The Morgan fingerprint density at radius 3 is 2.39 bits per heavy atom. The summed E-state index contributed by atoms with van der Waals surface area (Å²) in [5.41, 5.74) is 1.31. The van der Waals surface area contributed by atoms with Gasteiger partial charge in [-0.05, 0) is 38.1 Å². The monoisotopic (exact) mass is 248 g/mol. The Bertz CT molecular complexity index is 284. The standard InChI is InChI=1S/C16H28N2/c1-3-4-5-9-13-17-14-10-15-18(2)16-11-7-6-8-12-16/h6-8,11-12,17H,3-5,9-10,13-15H2,1-2H3. The molecule has 0 aliphatic heterocycles. The summed E-state index contributed by atoms with van der Waals surface area (Å²) < 4.78 is 0. The van der Waals surface area contributed by atoms with Crippen LogP contribution in [0.1, 0.15) is 39.0 Å². The Labute approximate surface area is 112 Å². The molecule has 1 aromatic rings. The second-order valence-electron chi connectivity index (χ2n) is 4.92. The van der Waals surface area contributed by atoms with Crippen LogP contribution in [0.2, 0.25) is 0 Å². The van der Waals surface area contributed by atoms with Gasteiger partial charge in [-0.2, -0.15) is 0 Å². The topological polar surface area (TPSA) is 15.3 Å². The van der Waals surface area contributed by atoms with Gasteiger partial charge in [0.15, 0.2) is 0 Å². The summed E-state index contributed by atoms with van der Waals surface area (Å²) >= 11 is 0. The van der Waals surface area contributed by atoms with Crippen LogP contribution < -0.4 is 10.2 Å². The number of nitrogens with one attached hydrogen (secondary N) is 1. The van der Waals surface area contributed by atoms with Crippen molar-refractivity contribution in [2.24, 2.45) is 0 Å². The van der Waals surface area contributed by atoms with Crippen LogP contribution in [0.5, 0.6) is 0 Å². The number of benzene rings is 1. The third kappa shape index (κ3) is 6.65. The summed E-state index contributed by atoms with van der Waals surface area (Å²) in [6.07, 6.45) is 6.59. The van der Waals surface area contributed by atoms with E-state index in [-0.39, 0.29) is 0 Å². The molecule has 0 saturated carbocycles. The van der Waals surface area contributed by atoms with Crippen LogP contribution in [0.3, 0.4) is 0 Å². The molecule has 0 saturated heterocycles. The lowest BCUT2D eigenvalue weighted by molar-refractivity contribution is 0.585. The minimum atomic E-state index is 1.12. The van der Waals surface area contributed by atoms with Crippen molar-refractivity contribution in [3.05, 3.63) is 30.3 Å². The molecule has 2 nitrogen and oxygen atoms in total. The third-order valence-corrected chi connectivity index (χ3v) is 3.25. The number of hydrogen-bond acceptors (Lipinski definition) is 2. The molecule has 0 fully saturated rings. The number of hydrogen-bond donors (Lipinski definition) is 1. The Morgan fingerprint density at radius 1 is 0.944 bits per heavy atom. The smallest absolute Gasteiger partial charge is 0.0363 e. The average Bonchev–Trinajstić information content (AvgIpc) is 2.42. The van der Waals surface area contributed by atoms with Gasteiger partial charge in [0.1, 0.15) is 0 Å². The van der Waals surface area contributed by atoms with Gasteiger partial charge in [-0.3, -0.25) is 0 Å². The maximum absolute atomic E-state index is 3.52. The van der Waals surface area contributed by atoms with Crippen molar-refractivity contribution in [1.29, 1.82) is 0 Å². The summed E-state index contributed by atoms with van der Waals surface area (Å²) in [7, 11) is 2.16. The van der Waals surface area contributed by atoms with E-state index in [1.165, 1.54) is 44.3 Å². The maximum Gasteiger partial charge on any atom is 0.0363 e. The van der Waals surface area contributed by atoms with Crippen LogP contribution in [-0.2, 0) is 0 Å². The Balaban J connectivity index is 1.98. The fraction of sp³-hybridized carbons (Fsp3) is 0.625. The van der Waals surface area contributed by atoms with Gasteiger partial charge in [0.25, 0.3) is 0 Å². The molecule has 0 bridgehead atoms. The number of nitrogens with zero attached hydrogens (tertiary/aromatic N) is 1. The quantitative estimate of drug-likeness (QED) is 0.635. The van der Waals surface area contributed by atoms with Crippen LogP contribution in [0, 0.1) is 0 Å². The van der Waals surface area contributed by atoms with E-state index in [2.05, 4.69) is 54.5 Å². The van der Waals surface area contributed by atoms with Gasteiger partial charge in [0.2, 0.25) is 0 Å². The molecule has 0 aromatic heterocycles. The predicted octanol–water partition coefficient (Wildman–Crippen LogP) is 3.68. The molecular weight excluding hydrogens is 220 g/mol. The van der Waals surface area contributed by atoms with Gasteiger partial charge >= 0.3 is 0 Å². The number of rotatable bonds is 10. The fourth-order valence-corrected chi connectivity index (χ4v) is 2.05. The zero-order chi connectivity index (χ0) is 13.1. The van der Waals surface area contributed by atoms with Crippen molar-refractivity contribution in [2.45, 2.75) is 39.0 Å². The van der Waals surface area contributed by atoms with Crippen LogP contribution in [0.15, 0.2) is 30.3 Å². The zero-order valence-corrected chi connectivity index (χ0v) is 12.0. The first-order valence-electron chi connectivity index (χ1n) is 7.31. The number of unbranched alkanes of at least 4 members (excludes halogenated alkanes) is 3. The lowest BCUT2D eigenvalue weighted by atomic mass is 10.2. The first kappa shape index (κ1) is 15.0. The predicted molar refractivity (Wildman–Crippen MR) is 81.3 cm³/mol. The molecule has 18 heavy (non-hydrogen) atoms. The molecule has 0 unspecified atom stereocenters. The summed E-state index contributed by atoms with van der Waals surface area (Å²) in [5.74, 6) is 0. The summed E-state index contributed by atoms with van der Waals surface area (Å²) in [5, 5.41) is 3.52. The largest absolute Gasteiger partial charge is 0.375 e. The second kappa shape index (κ2) is 9.95. The molecule has 0 aliphatic rings. The lowest BCUT2D eigenvalue weighted by Crippen LogP contribution is -2.24. The van der Waals surface area contributed by atoms with Crippen molar-refractivity contribution >= 4 is 5.69 Å². The van der Waals surface area contributed by atoms with E-state index in [9.17, 15) is 0 Å². The number of anilines is 1. The van der Waals surface area contributed by atoms with Crippen LogP contribution >= 0.6 is 0 Å². The highest BCUT2D eigenvalue weighted by Gasteiger charge is 1.98. The maximum atomic E-state index is 3.52. The van der Waals surface area contributed by atoms with Crippen molar-refractivity contribution < 1.29 is 0 Å². The molecule has 0 radical (unpaired) electrons. The van der Waals surface area contributed by atoms with E-state index in [0.29, 0.717) is 0 Å².